The summed E-state index contributed by atoms with van der Waals surface area (Å²) in [6.07, 6.45) is 2.40. The second-order valence-electron chi connectivity index (χ2n) is 8.28. The van der Waals surface area contributed by atoms with E-state index in [1.807, 2.05) is 0 Å². The van der Waals surface area contributed by atoms with Gasteiger partial charge in [0.15, 0.2) is 11.6 Å². The minimum absolute atomic E-state index is 0.0540. The Bertz CT molecular complexity index is 1290. The lowest BCUT2D eigenvalue weighted by Gasteiger charge is -2.25. The zero-order chi connectivity index (χ0) is 26.6. The molecule has 1 aliphatic heterocycles. The number of para-hydroxylation sites is 1. The van der Waals surface area contributed by atoms with Crippen molar-refractivity contribution in [2.24, 2.45) is 0 Å². The summed E-state index contributed by atoms with van der Waals surface area (Å²) < 4.78 is 58.8. The van der Waals surface area contributed by atoms with Crippen LogP contribution >= 0.6 is 0 Å². The lowest BCUT2D eigenvalue weighted by atomic mass is 10.1. The number of rotatable bonds is 10. The molecule has 3 heterocycles. The highest BCUT2D eigenvalue weighted by Gasteiger charge is 2.34. The minimum Gasteiger partial charge on any atom is -0.494 e. The Balaban J connectivity index is 1.74. The summed E-state index contributed by atoms with van der Waals surface area (Å²) in [5, 5.41) is 7.51. The van der Waals surface area contributed by atoms with Crippen molar-refractivity contribution in [2.75, 3.05) is 45.9 Å². The summed E-state index contributed by atoms with van der Waals surface area (Å²) in [5.74, 6) is 1.41. The molecule has 14 heteroatoms. The molecule has 1 saturated heterocycles. The van der Waals surface area contributed by atoms with E-state index in [4.69, 9.17) is 23.7 Å². The van der Waals surface area contributed by atoms with Crippen molar-refractivity contribution >= 4 is 16.0 Å². The monoisotopic (exact) mass is 534 g/mol. The van der Waals surface area contributed by atoms with Crippen LogP contribution in [0.4, 0.5) is 5.95 Å². The largest absolute Gasteiger partial charge is 0.494 e. The Morgan fingerprint density at radius 2 is 1.70 bits per heavy atom. The molecule has 1 aliphatic rings. The fourth-order valence-electron chi connectivity index (χ4n) is 3.85. The fraction of sp³-hybridized carbons (Fsp3) is 0.478. The molecule has 0 aliphatic carbocycles. The maximum absolute atomic E-state index is 13.5. The molecule has 1 aromatic carbocycles. The molecule has 0 bridgehead atoms. The van der Waals surface area contributed by atoms with Crippen LogP contribution < -0.4 is 18.9 Å². The van der Waals surface area contributed by atoms with Crippen LogP contribution in [0, 0.1) is 0 Å². The van der Waals surface area contributed by atoms with Crippen LogP contribution in [0.25, 0.3) is 5.69 Å². The first-order valence-electron chi connectivity index (χ1n) is 11.5. The van der Waals surface area contributed by atoms with Crippen LogP contribution in [0.3, 0.4) is 0 Å². The summed E-state index contributed by atoms with van der Waals surface area (Å²) in [5.41, 5.74) is 0.415. The Morgan fingerprint density at radius 3 is 2.27 bits per heavy atom. The second kappa shape index (κ2) is 11.3. The van der Waals surface area contributed by atoms with E-state index in [0.717, 1.165) is 0 Å². The van der Waals surface area contributed by atoms with Crippen LogP contribution in [-0.4, -0.2) is 79.6 Å². The van der Waals surface area contributed by atoms with E-state index in [2.05, 4.69) is 24.9 Å². The molecule has 13 nitrogen and oxygen atoms in total. The smallest absolute Gasteiger partial charge is 0.243 e. The number of hydrogen-bond acceptors (Lipinski definition) is 11. The molecule has 4 rings (SSSR count). The van der Waals surface area contributed by atoms with E-state index in [1.54, 1.807) is 32.0 Å². The molecular weight excluding hydrogens is 504 g/mol. The van der Waals surface area contributed by atoms with Gasteiger partial charge in [-0.1, -0.05) is 13.0 Å². The predicted molar refractivity (Wildman–Crippen MR) is 133 cm³/mol. The van der Waals surface area contributed by atoms with Crippen molar-refractivity contribution in [1.29, 1.82) is 0 Å². The average Bonchev–Trinajstić information content (AvgIpc) is 3.34. The van der Waals surface area contributed by atoms with Gasteiger partial charge < -0.3 is 23.7 Å². The maximum atomic E-state index is 13.5. The van der Waals surface area contributed by atoms with Crippen LogP contribution in [0.5, 0.6) is 17.2 Å². The maximum Gasteiger partial charge on any atom is 0.243 e. The quantitative estimate of drug-likeness (QED) is 0.407. The molecule has 0 saturated carbocycles. The number of hydrogen-bond donors (Lipinski definition) is 1. The molecule has 2 aromatic heterocycles. The third-order valence-electron chi connectivity index (χ3n) is 6.14. The number of nitrogens with one attached hydrogen (secondary N) is 1. The lowest BCUT2D eigenvalue weighted by Crippen LogP contribution is -2.32. The SMILES string of the molecule is COc1cnc(C(C)C(C)S(=O)(=O)Nc2nnc([C@@H]3COCCO3)n2-c2c(OC)cccc2OC)nc1. The van der Waals surface area contributed by atoms with Crippen molar-refractivity contribution in [2.45, 2.75) is 31.1 Å². The van der Waals surface area contributed by atoms with E-state index in [-0.39, 0.29) is 12.6 Å². The summed E-state index contributed by atoms with van der Waals surface area (Å²) in [6, 6.07) is 5.21. The minimum atomic E-state index is -4.00. The molecule has 0 amide bonds. The van der Waals surface area contributed by atoms with Crippen LogP contribution in [0.1, 0.15) is 37.5 Å². The van der Waals surface area contributed by atoms with Gasteiger partial charge in [-0.2, -0.15) is 0 Å². The molecule has 200 valence electrons. The van der Waals surface area contributed by atoms with E-state index < -0.39 is 27.3 Å². The lowest BCUT2D eigenvalue weighted by molar-refractivity contribution is -0.0941. The van der Waals surface area contributed by atoms with Crippen molar-refractivity contribution in [3.05, 3.63) is 42.2 Å². The van der Waals surface area contributed by atoms with Gasteiger partial charge in [0.2, 0.25) is 16.0 Å². The first-order valence-corrected chi connectivity index (χ1v) is 13.1. The van der Waals surface area contributed by atoms with Gasteiger partial charge in [-0.25, -0.2) is 18.4 Å². The number of sulfonamides is 1. The van der Waals surface area contributed by atoms with Crippen molar-refractivity contribution < 1.29 is 32.1 Å². The first kappa shape index (κ1) is 26.6. The molecule has 1 fully saturated rings. The predicted octanol–water partition coefficient (Wildman–Crippen LogP) is 2.10. The number of aromatic nitrogens is 5. The Morgan fingerprint density at radius 1 is 1.03 bits per heavy atom. The molecule has 0 spiro atoms. The number of benzene rings is 1. The molecule has 0 radical (unpaired) electrons. The molecule has 3 aromatic rings. The highest BCUT2D eigenvalue weighted by molar-refractivity contribution is 7.93. The standard InChI is InChI=1S/C23H30N6O7S/c1-14(21-24-11-16(32-3)12-25-21)15(2)37(30,31)28-23-27-26-22(19-13-35-9-10-36-19)29(23)20-17(33-4)7-6-8-18(20)34-5/h6-8,11-12,14-15,19H,9-10,13H2,1-5H3,(H,27,28)/t14?,15?,19-/m0/s1. The summed E-state index contributed by atoms with van der Waals surface area (Å²) >= 11 is 0. The van der Waals surface area contributed by atoms with Crippen molar-refractivity contribution in [3.8, 4) is 22.9 Å². The number of anilines is 1. The average molecular weight is 535 g/mol. The Hall–Kier alpha value is -3.49. The second-order valence-corrected chi connectivity index (χ2v) is 10.3. The summed E-state index contributed by atoms with van der Waals surface area (Å²) in [6.45, 7) is 4.34. The van der Waals surface area contributed by atoms with E-state index >= 15 is 0 Å². The number of nitrogens with zero attached hydrogens (tertiary/aromatic N) is 5. The van der Waals surface area contributed by atoms with E-state index in [0.29, 0.717) is 47.8 Å². The first-order chi connectivity index (χ1) is 17.8. The third kappa shape index (κ3) is 5.45. The van der Waals surface area contributed by atoms with Gasteiger partial charge in [-0.3, -0.25) is 9.29 Å². The third-order valence-corrected chi connectivity index (χ3v) is 7.99. The zero-order valence-corrected chi connectivity index (χ0v) is 22.1. The van der Waals surface area contributed by atoms with E-state index in [9.17, 15) is 8.42 Å². The van der Waals surface area contributed by atoms with Crippen molar-refractivity contribution in [3.63, 3.8) is 0 Å². The van der Waals surface area contributed by atoms with Gasteiger partial charge in [0.25, 0.3) is 0 Å². The normalized spacial score (nSPS) is 17.6. The summed E-state index contributed by atoms with van der Waals surface area (Å²) in [7, 11) is 0.513. The molecule has 1 N–H and O–H groups in total. The fourth-order valence-corrected chi connectivity index (χ4v) is 5.08. The van der Waals surface area contributed by atoms with Crippen LogP contribution in [0.15, 0.2) is 30.6 Å². The van der Waals surface area contributed by atoms with Crippen LogP contribution in [0.2, 0.25) is 0 Å². The summed E-state index contributed by atoms with van der Waals surface area (Å²) in [4.78, 5) is 8.48. The molecule has 37 heavy (non-hydrogen) atoms. The molecule has 2 unspecified atom stereocenters. The highest BCUT2D eigenvalue weighted by atomic mass is 32.2. The van der Waals surface area contributed by atoms with Gasteiger partial charge in [0.1, 0.15) is 29.1 Å². The van der Waals surface area contributed by atoms with Gasteiger partial charge in [-0.15, -0.1) is 10.2 Å². The Kier molecular flexibility index (Phi) is 8.10. The molecular formula is C23H30N6O7S. The highest BCUT2D eigenvalue weighted by Crippen LogP contribution is 2.37. The van der Waals surface area contributed by atoms with Gasteiger partial charge in [-0.05, 0) is 19.1 Å². The van der Waals surface area contributed by atoms with Crippen molar-refractivity contribution in [1.82, 2.24) is 24.7 Å². The Labute approximate surface area is 215 Å². The number of methoxy groups -OCH3 is 3. The van der Waals surface area contributed by atoms with Gasteiger partial charge in [0.05, 0.1) is 58.8 Å². The van der Waals surface area contributed by atoms with E-state index in [1.165, 1.54) is 38.3 Å². The van der Waals surface area contributed by atoms with Gasteiger partial charge >= 0.3 is 0 Å². The van der Waals surface area contributed by atoms with Gasteiger partial charge in [0, 0.05) is 5.92 Å². The molecule has 3 atom stereocenters. The zero-order valence-electron chi connectivity index (χ0n) is 21.2. The number of ether oxygens (including phenoxy) is 5. The van der Waals surface area contributed by atoms with Crippen LogP contribution in [-0.2, 0) is 19.5 Å². The topological polar surface area (TPSA) is 149 Å².